The molecule has 0 bridgehead atoms. The largest absolute Gasteiger partial charge is 0.363 e. The van der Waals surface area contributed by atoms with E-state index in [1.807, 2.05) is 5.01 Å². The van der Waals surface area contributed by atoms with E-state index in [9.17, 15) is 0 Å². The molecule has 10 heavy (non-hydrogen) atoms. The van der Waals surface area contributed by atoms with Crippen LogP contribution in [0.2, 0.25) is 0 Å². The Morgan fingerprint density at radius 1 is 1.70 bits per heavy atom. The van der Waals surface area contributed by atoms with Crippen molar-refractivity contribution in [2.75, 3.05) is 18.1 Å². The molecule has 2 rings (SSSR count). The Morgan fingerprint density at radius 2 is 2.70 bits per heavy atom. The normalized spacial score (nSPS) is 18.2. The van der Waals surface area contributed by atoms with Crippen molar-refractivity contribution >= 4 is 5.82 Å². The Kier molecular flexibility index (Phi) is 1.30. The first kappa shape index (κ1) is 5.70. The van der Waals surface area contributed by atoms with Gasteiger partial charge < -0.3 is 4.52 Å². The molecular formula is C5H8N4O. The van der Waals surface area contributed by atoms with Crippen molar-refractivity contribution in [3.8, 4) is 0 Å². The third kappa shape index (κ3) is 0.850. The van der Waals surface area contributed by atoms with Crippen LogP contribution in [0.25, 0.3) is 0 Å². The molecule has 1 fully saturated rings. The van der Waals surface area contributed by atoms with Crippen LogP contribution in [0.1, 0.15) is 0 Å². The molecule has 2 N–H and O–H groups in total. The van der Waals surface area contributed by atoms with Gasteiger partial charge in [0.15, 0.2) is 5.82 Å². The maximum absolute atomic E-state index is 4.67. The molecule has 1 aliphatic rings. The van der Waals surface area contributed by atoms with Crippen molar-refractivity contribution in [1.29, 1.82) is 0 Å². The van der Waals surface area contributed by atoms with E-state index in [4.69, 9.17) is 0 Å². The number of hydrazine groups is 2. The predicted octanol–water partition coefficient (Wildman–Crippen LogP) is -0.496. The highest BCUT2D eigenvalue weighted by Crippen LogP contribution is 2.07. The number of nitrogens with zero attached hydrogens (tertiary/aromatic N) is 2. The van der Waals surface area contributed by atoms with Gasteiger partial charge in [0.25, 0.3) is 0 Å². The van der Waals surface area contributed by atoms with E-state index < -0.39 is 0 Å². The van der Waals surface area contributed by atoms with Gasteiger partial charge in [0.2, 0.25) is 0 Å². The van der Waals surface area contributed by atoms with Crippen LogP contribution in [0.15, 0.2) is 16.9 Å². The molecule has 0 atom stereocenters. The number of hydrogen-bond donors (Lipinski definition) is 2. The van der Waals surface area contributed by atoms with Gasteiger partial charge in [0, 0.05) is 12.6 Å². The zero-order valence-electron chi connectivity index (χ0n) is 5.37. The molecule has 0 saturated carbocycles. The second-order valence-electron chi connectivity index (χ2n) is 2.05. The van der Waals surface area contributed by atoms with Gasteiger partial charge in [-0.25, -0.2) is 5.43 Å². The summed E-state index contributed by atoms with van der Waals surface area (Å²) in [6.07, 6.45) is 1.55. The van der Waals surface area contributed by atoms with Crippen molar-refractivity contribution < 1.29 is 4.52 Å². The first-order valence-corrected chi connectivity index (χ1v) is 3.13. The van der Waals surface area contributed by atoms with E-state index >= 15 is 0 Å². The second kappa shape index (κ2) is 2.28. The van der Waals surface area contributed by atoms with Crippen LogP contribution in [0, 0.1) is 0 Å². The van der Waals surface area contributed by atoms with Gasteiger partial charge in [-0.1, -0.05) is 5.16 Å². The van der Waals surface area contributed by atoms with Gasteiger partial charge in [-0.15, -0.1) is 0 Å². The minimum Gasteiger partial charge on any atom is -0.363 e. The molecule has 5 nitrogen and oxygen atoms in total. The highest BCUT2D eigenvalue weighted by Gasteiger charge is 2.12. The Balaban J connectivity index is 2.12. The van der Waals surface area contributed by atoms with Crippen molar-refractivity contribution in [3.05, 3.63) is 12.3 Å². The average Bonchev–Trinajstić information content (AvgIpc) is 2.59. The van der Waals surface area contributed by atoms with Gasteiger partial charge in [-0.3, -0.25) is 5.01 Å². The molecule has 1 saturated heterocycles. The van der Waals surface area contributed by atoms with E-state index in [2.05, 4.69) is 20.6 Å². The van der Waals surface area contributed by atoms with Crippen LogP contribution >= 0.6 is 0 Å². The number of rotatable bonds is 1. The fourth-order valence-corrected chi connectivity index (χ4v) is 0.892. The number of hydrogen-bond acceptors (Lipinski definition) is 5. The Morgan fingerprint density at radius 3 is 3.30 bits per heavy atom. The standard InChI is InChI=1S/C5H8N4O/c1-4-10-7-5(1)9-3-2-6-8-9/h1,4,6,8H,2-3H2. The van der Waals surface area contributed by atoms with Crippen molar-refractivity contribution in [2.24, 2.45) is 0 Å². The summed E-state index contributed by atoms with van der Waals surface area (Å²) in [5.74, 6) is 0.810. The van der Waals surface area contributed by atoms with E-state index in [-0.39, 0.29) is 0 Å². The summed E-state index contributed by atoms with van der Waals surface area (Å²) in [5.41, 5.74) is 5.87. The minimum absolute atomic E-state index is 0.810. The maximum atomic E-state index is 4.67. The Hall–Kier alpha value is -1.07. The fraction of sp³-hybridized carbons (Fsp3) is 0.400. The van der Waals surface area contributed by atoms with Gasteiger partial charge in [0.05, 0.1) is 6.54 Å². The fourth-order valence-electron chi connectivity index (χ4n) is 0.892. The summed E-state index contributed by atoms with van der Waals surface area (Å²) in [7, 11) is 0. The molecule has 0 radical (unpaired) electrons. The highest BCUT2D eigenvalue weighted by molar-refractivity contribution is 5.34. The molecule has 0 aromatic carbocycles. The molecule has 0 unspecified atom stereocenters. The lowest BCUT2D eigenvalue weighted by Gasteiger charge is -2.10. The second-order valence-corrected chi connectivity index (χ2v) is 2.05. The molecule has 0 spiro atoms. The summed E-state index contributed by atoms with van der Waals surface area (Å²) in [5, 5.41) is 5.63. The van der Waals surface area contributed by atoms with Crippen LogP contribution in [0.5, 0.6) is 0 Å². The lowest BCUT2D eigenvalue weighted by Crippen LogP contribution is -2.35. The van der Waals surface area contributed by atoms with Crippen LogP contribution in [0.3, 0.4) is 0 Å². The monoisotopic (exact) mass is 140 g/mol. The molecular weight excluding hydrogens is 132 g/mol. The third-order valence-corrected chi connectivity index (χ3v) is 1.38. The third-order valence-electron chi connectivity index (χ3n) is 1.38. The van der Waals surface area contributed by atoms with Crippen LogP contribution in [0.4, 0.5) is 5.82 Å². The molecule has 54 valence electrons. The smallest absolute Gasteiger partial charge is 0.187 e. The first-order valence-electron chi connectivity index (χ1n) is 3.13. The topological polar surface area (TPSA) is 53.3 Å². The van der Waals surface area contributed by atoms with Crippen LogP contribution in [-0.2, 0) is 0 Å². The van der Waals surface area contributed by atoms with E-state index in [0.717, 1.165) is 18.9 Å². The summed E-state index contributed by atoms with van der Waals surface area (Å²) in [6.45, 7) is 1.83. The summed E-state index contributed by atoms with van der Waals surface area (Å²) < 4.78 is 4.67. The van der Waals surface area contributed by atoms with E-state index in [0.29, 0.717) is 0 Å². The lowest BCUT2D eigenvalue weighted by atomic mass is 10.6. The molecule has 1 aromatic heterocycles. The summed E-state index contributed by atoms with van der Waals surface area (Å²) in [6, 6.07) is 1.81. The molecule has 0 aliphatic carbocycles. The number of anilines is 1. The van der Waals surface area contributed by atoms with Gasteiger partial charge in [0.1, 0.15) is 6.26 Å². The summed E-state index contributed by atoms with van der Waals surface area (Å²) in [4.78, 5) is 0. The molecule has 0 amide bonds. The van der Waals surface area contributed by atoms with Crippen molar-refractivity contribution in [2.45, 2.75) is 0 Å². The predicted molar refractivity (Wildman–Crippen MR) is 35.0 cm³/mol. The molecule has 1 aromatic rings. The number of aromatic nitrogens is 1. The molecule has 1 aliphatic heterocycles. The summed E-state index contributed by atoms with van der Waals surface area (Å²) >= 11 is 0. The quantitative estimate of drug-likeness (QED) is 0.551. The van der Waals surface area contributed by atoms with Crippen LogP contribution < -0.4 is 16.0 Å². The van der Waals surface area contributed by atoms with Crippen LogP contribution in [-0.4, -0.2) is 18.2 Å². The zero-order valence-corrected chi connectivity index (χ0v) is 5.37. The average molecular weight is 140 g/mol. The molecule has 5 heteroatoms. The van der Waals surface area contributed by atoms with Gasteiger partial charge in [-0.2, -0.15) is 5.53 Å². The Labute approximate surface area is 57.9 Å². The number of nitrogens with one attached hydrogen (secondary N) is 2. The highest BCUT2D eigenvalue weighted by atomic mass is 16.5. The van der Waals surface area contributed by atoms with Gasteiger partial charge >= 0.3 is 0 Å². The van der Waals surface area contributed by atoms with Crippen molar-refractivity contribution in [3.63, 3.8) is 0 Å². The first-order chi connectivity index (χ1) is 4.97. The maximum Gasteiger partial charge on any atom is 0.187 e. The SMILES string of the molecule is c1cc(N2CCNN2)no1. The van der Waals surface area contributed by atoms with E-state index in [1.54, 1.807) is 12.3 Å². The lowest BCUT2D eigenvalue weighted by molar-refractivity contribution is 0.417. The van der Waals surface area contributed by atoms with E-state index in [1.165, 1.54) is 0 Å². The van der Waals surface area contributed by atoms with Gasteiger partial charge in [-0.05, 0) is 0 Å². The van der Waals surface area contributed by atoms with Crippen molar-refractivity contribution in [1.82, 2.24) is 16.1 Å². The Bertz CT molecular complexity index is 191. The minimum atomic E-state index is 0.810. The molecule has 2 heterocycles. The zero-order chi connectivity index (χ0) is 6.81.